The standard InChI is InChI=1S/C22H27N3O2S/c1-15-14-17-8-4-5-11-20(17)25(15)13-7-12-23-22(28)24-19-10-6-9-18(16(19)2)21(26)27-3/h4-6,8-11,15H,7,12-14H2,1-3H3,(H2,23,24,28)/t15-/m1/s1. The fourth-order valence-electron chi connectivity index (χ4n) is 3.69. The van der Waals surface area contributed by atoms with E-state index >= 15 is 0 Å². The van der Waals surface area contributed by atoms with E-state index in [-0.39, 0.29) is 5.97 Å². The molecule has 3 rings (SSSR count). The quantitative estimate of drug-likeness (QED) is 0.438. The number of carbonyl (C=O) groups excluding carboxylic acids is 1. The topological polar surface area (TPSA) is 53.6 Å². The second-order valence-corrected chi connectivity index (χ2v) is 7.49. The fraction of sp³-hybridized carbons (Fsp3) is 0.364. The zero-order chi connectivity index (χ0) is 20.1. The molecule has 1 heterocycles. The number of thiocarbonyl (C=S) groups is 1. The van der Waals surface area contributed by atoms with Gasteiger partial charge in [0.25, 0.3) is 0 Å². The third-order valence-electron chi connectivity index (χ3n) is 5.20. The summed E-state index contributed by atoms with van der Waals surface area (Å²) in [5.41, 5.74) is 4.95. The van der Waals surface area contributed by atoms with Crippen LogP contribution in [0.5, 0.6) is 0 Å². The molecule has 1 atom stereocenters. The molecule has 1 aliphatic heterocycles. The van der Waals surface area contributed by atoms with E-state index in [4.69, 9.17) is 17.0 Å². The van der Waals surface area contributed by atoms with Crippen LogP contribution in [-0.4, -0.2) is 37.3 Å². The van der Waals surface area contributed by atoms with Gasteiger partial charge in [-0.1, -0.05) is 24.3 Å². The van der Waals surface area contributed by atoms with Crippen LogP contribution in [0.1, 0.15) is 34.8 Å². The van der Waals surface area contributed by atoms with E-state index in [9.17, 15) is 4.79 Å². The highest BCUT2D eigenvalue weighted by atomic mass is 32.1. The predicted octanol–water partition coefficient (Wildman–Crippen LogP) is 3.91. The van der Waals surface area contributed by atoms with E-state index < -0.39 is 0 Å². The molecule has 0 saturated carbocycles. The van der Waals surface area contributed by atoms with Gasteiger partial charge < -0.3 is 20.3 Å². The fourth-order valence-corrected chi connectivity index (χ4v) is 3.90. The molecule has 0 saturated heterocycles. The molecule has 0 aliphatic carbocycles. The Morgan fingerprint density at radius 2 is 2.04 bits per heavy atom. The summed E-state index contributed by atoms with van der Waals surface area (Å²) in [7, 11) is 1.38. The van der Waals surface area contributed by atoms with E-state index in [1.165, 1.54) is 18.4 Å². The van der Waals surface area contributed by atoms with Gasteiger partial charge in [0.2, 0.25) is 0 Å². The molecular weight excluding hydrogens is 370 g/mol. The summed E-state index contributed by atoms with van der Waals surface area (Å²) < 4.78 is 4.82. The van der Waals surface area contributed by atoms with Gasteiger partial charge in [-0.3, -0.25) is 0 Å². The van der Waals surface area contributed by atoms with Crippen molar-refractivity contribution in [2.45, 2.75) is 32.7 Å². The summed E-state index contributed by atoms with van der Waals surface area (Å²) in [4.78, 5) is 14.3. The number of rotatable bonds is 6. The molecule has 0 amide bonds. The van der Waals surface area contributed by atoms with Gasteiger partial charge in [0.1, 0.15) is 0 Å². The second kappa shape index (κ2) is 9.06. The molecule has 0 aromatic heterocycles. The van der Waals surface area contributed by atoms with Crippen molar-refractivity contribution in [3.05, 3.63) is 59.2 Å². The predicted molar refractivity (Wildman–Crippen MR) is 118 cm³/mol. The number of anilines is 2. The minimum atomic E-state index is -0.347. The number of benzene rings is 2. The molecule has 0 fully saturated rings. The van der Waals surface area contributed by atoms with E-state index in [0.29, 0.717) is 16.7 Å². The number of hydrogen-bond acceptors (Lipinski definition) is 4. The molecule has 0 radical (unpaired) electrons. The van der Waals surface area contributed by atoms with Crippen LogP contribution >= 0.6 is 12.2 Å². The van der Waals surface area contributed by atoms with Gasteiger partial charge in [-0.05, 0) is 68.2 Å². The zero-order valence-electron chi connectivity index (χ0n) is 16.6. The summed E-state index contributed by atoms with van der Waals surface area (Å²) in [5, 5.41) is 7.00. The van der Waals surface area contributed by atoms with Crippen molar-refractivity contribution in [2.75, 3.05) is 30.4 Å². The van der Waals surface area contributed by atoms with Crippen molar-refractivity contribution in [2.24, 2.45) is 0 Å². The molecule has 2 aromatic rings. The van der Waals surface area contributed by atoms with Crippen LogP contribution in [0.25, 0.3) is 0 Å². The lowest BCUT2D eigenvalue weighted by Gasteiger charge is -2.25. The summed E-state index contributed by atoms with van der Waals surface area (Å²) >= 11 is 5.42. The van der Waals surface area contributed by atoms with Crippen molar-refractivity contribution in [1.29, 1.82) is 0 Å². The van der Waals surface area contributed by atoms with Crippen molar-refractivity contribution >= 4 is 34.7 Å². The van der Waals surface area contributed by atoms with Crippen molar-refractivity contribution < 1.29 is 9.53 Å². The summed E-state index contributed by atoms with van der Waals surface area (Å²) in [6.45, 7) is 5.93. The number of nitrogens with one attached hydrogen (secondary N) is 2. The van der Waals surface area contributed by atoms with Crippen LogP contribution in [0.4, 0.5) is 11.4 Å². The highest BCUT2D eigenvalue weighted by Gasteiger charge is 2.24. The van der Waals surface area contributed by atoms with E-state index in [0.717, 1.165) is 37.2 Å². The lowest BCUT2D eigenvalue weighted by Crippen LogP contribution is -2.34. The van der Waals surface area contributed by atoms with Crippen LogP contribution in [0.15, 0.2) is 42.5 Å². The smallest absolute Gasteiger partial charge is 0.338 e. The first-order valence-corrected chi connectivity index (χ1v) is 9.99. The van der Waals surface area contributed by atoms with Gasteiger partial charge >= 0.3 is 5.97 Å². The molecule has 0 bridgehead atoms. The Labute approximate surface area is 172 Å². The largest absolute Gasteiger partial charge is 0.465 e. The van der Waals surface area contributed by atoms with Gasteiger partial charge in [-0.15, -0.1) is 0 Å². The molecular formula is C22H27N3O2S. The lowest BCUT2D eigenvalue weighted by atomic mass is 10.1. The first kappa shape index (κ1) is 20.1. The van der Waals surface area contributed by atoms with Crippen molar-refractivity contribution in [3.8, 4) is 0 Å². The number of methoxy groups -OCH3 is 1. The number of para-hydroxylation sites is 1. The van der Waals surface area contributed by atoms with Gasteiger partial charge in [-0.25, -0.2) is 4.79 Å². The third kappa shape index (κ3) is 4.44. The molecule has 0 spiro atoms. The Hall–Kier alpha value is -2.60. The SMILES string of the molecule is COC(=O)c1cccc(NC(=S)NCCCN2c3ccccc3C[C@H]2C)c1C. The monoisotopic (exact) mass is 397 g/mol. The Morgan fingerprint density at radius 3 is 2.82 bits per heavy atom. The summed E-state index contributed by atoms with van der Waals surface area (Å²) in [6, 6.07) is 14.6. The van der Waals surface area contributed by atoms with Gasteiger partial charge in [-0.2, -0.15) is 0 Å². The van der Waals surface area contributed by atoms with E-state index in [1.54, 1.807) is 6.07 Å². The first-order valence-electron chi connectivity index (χ1n) is 9.58. The van der Waals surface area contributed by atoms with E-state index in [2.05, 4.69) is 46.7 Å². The maximum atomic E-state index is 11.8. The van der Waals surface area contributed by atoms with Crippen LogP contribution in [0, 0.1) is 6.92 Å². The van der Waals surface area contributed by atoms with E-state index in [1.807, 2.05) is 19.1 Å². The Balaban J connectivity index is 1.49. The molecule has 5 nitrogen and oxygen atoms in total. The van der Waals surface area contributed by atoms with Crippen LogP contribution < -0.4 is 15.5 Å². The normalized spacial score (nSPS) is 15.1. The van der Waals surface area contributed by atoms with Crippen LogP contribution in [-0.2, 0) is 11.2 Å². The van der Waals surface area contributed by atoms with Gasteiger partial charge in [0.05, 0.1) is 12.7 Å². The minimum absolute atomic E-state index is 0.347. The van der Waals surface area contributed by atoms with Crippen LogP contribution in [0.3, 0.4) is 0 Å². The van der Waals surface area contributed by atoms with Crippen molar-refractivity contribution in [1.82, 2.24) is 5.32 Å². The molecule has 1 aliphatic rings. The molecule has 148 valence electrons. The third-order valence-corrected chi connectivity index (χ3v) is 5.44. The molecule has 0 unspecified atom stereocenters. The number of carbonyl (C=O) groups is 1. The van der Waals surface area contributed by atoms with Crippen LogP contribution in [0.2, 0.25) is 0 Å². The molecule has 2 N–H and O–H groups in total. The summed E-state index contributed by atoms with van der Waals surface area (Å²) in [6.07, 6.45) is 2.10. The number of hydrogen-bond donors (Lipinski definition) is 2. The molecule has 28 heavy (non-hydrogen) atoms. The number of nitrogens with zero attached hydrogens (tertiary/aromatic N) is 1. The Kier molecular flexibility index (Phi) is 6.52. The van der Waals surface area contributed by atoms with Crippen molar-refractivity contribution in [3.63, 3.8) is 0 Å². The second-order valence-electron chi connectivity index (χ2n) is 7.08. The average Bonchev–Trinajstić information content (AvgIpc) is 3.01. The number of ether oxygens (including phenoxy) is 1. The molecule has 2 aromatic carbocycles. The number of esters is 1. The highest BCUT2D eigenvalue weighted by Crippen LogP contribution is 2.31. The Bertz CT molecular complexity index is 869. The zero-order valence-corrected chi connectivity index (χ0v) is 17.4. The average molecular weight is 398 g/mol. The first-order chi connectivity index (χ1) is 13.5. The summed E-state index contributed by atoms with van der Waals surface area (Å²) in [5.74, 6) is -0.347. The minimum Gasteiger partial charge on any atom is -0.465 e. The highest BCUT2D eigenvalue weighted by molar-refractivity contribution is 7.80. The molecule has 6 heteroatoms. The number of fused-ring (bicyclic) bond motifs is 1. The maximum absolute atomic E-state index is 11.8. The Morgan fingerprint density at radius 1 is 1.25 bits per heavy atom. The lowest BCUT2D eigenvalue weighted by molar-refractivity contribution is 0.0600. The maximum Gasteiger partial charge on any atom is 0.338 e. The van der Waals surface area contributed by atoms with Gasteiger partial charge in [0.15, 0.2) is 5.11 Å². The van der Waals surface area contributed by atoms with Gasteiger partial charge in [0, 0.05) is 30.5 Å².